The zero-order chi connectivity index (χ0) is 23.6. The van der Waals surface area contributed by atoms with Gasteiger partial charge in [0.05, 0.1) is 0 Å². The van der Waals surface area contributed by atoms with Crippen molar-refractivity contribution in [1.29, 1.82) is 5.26 Å². The van der Waals surface area contributed by atoms with E-state index in [2.05, 4.69) is 56.1 Å². The van der Waals surface area contributed by atoms with Gasteiger partial charge < -0.3 is 10.2 Å². The Morgan fingerprint density at radius 3 is 2.66 bits per heavy atom. The van der Waals surface area contributed by atoms with Crippen molar-refractivity contribution >= 4 is 35.0 Å². The van der Waals surface area contributed by atoms with Gasteiger partial charge in [-0.1, -0.05) is 31.5 Å². The Morgan fingerprint density at radius 2 is 2.00 bits per heavy atom. The lowest BCUT2D eigenvalue weighted by Crippen LogP contribution is -2.48. The van der Waals surface area contributed by atoms with E-state index >= 15 is 0 Å². The average molecular weight is 450 g/mol. The van der Waals surface area contributed by atoms with E-state index in [1.165, 1.54) is 11.3 Å². The van der Waals surface area contributed by atoms with Crippen LogP contribution in [0.5, 0.6) is 0 Å². The number of hydrogen-bond acceptors (Lipinski definition) is 3. The van der Waals surface area contributed by atoms with Gasteiger partial charge in [0.2, 0.25) is 0 Å². The second-order valence-corrected chi connectivity index (χ2v) is 9.86. The highest BCUT2D eigenvalue weighted by Crippen LogP contribution is 2.44. The van der Waals surface area contributed by atoms with Crippen molar-refractivity contribution in [3.8, 4) is 6.07 Å². The van der Waals surface area contributed by atoms with Crippen LogP contribution in [0.1, 0.15) is 68.7 Å². The first kappa shape index (κ1) is 23.9. The summed E-state index contributed by atoms with van der Waals surface area (Å²) < 4.78 is 0. The third-order valence-corrected chi connectivity index (χ3v) is 6.57. The maximum atomic E-state index is 12.8. The van der Waals surface area contributed by atoms with E-state index in [4.69, 9.17) is 11.6 Å². The van der Waals surface area contributed by atoms with Crippen molar-refractivity contribution in [2.75, 3.05) is 16.8 Å². The van der Waals surface area contributed by atoms with Gasteiger partial charge in [-0.3, -0.25) is 4.79 Å². The molecule has 5 heteroatoms. The number of anilines is 2. The van der Waals surface area contributed by atoms with Gasteiger partial charge in [-0.25, -0.2) is 0 Å². The maximum absolute atomic E-state index is 12.8. The quantitative estimate of drug-likeness (QED) is 0.394. The van der Waals surface area contributed by atoms with E-state index in [9.17, 15) is 10.1 Å². The third kappa shape index (κ3) is 4.84. The molecule has 0 bridgehead atoms. The number of nitriles is 1. The highest BCUT2D eigenvalue weighted by Gasteiger charge is 2.36. The van der Waals surface area contributed by atoms with Crippen molar-refractivity contribution in [1.82, 2.24) is 0 Å². The number of fused-ring (bicyclic) bond motifs is 1. The fraction of sp³-hybridized carbons (Fsp3) is 0.407. The van der Waals surface area contributed by atoms with E-state index in [0.717, 1.165) is 36.1 Å². The minimum Gasteiger partial charge on any atom is -0.366 e. The standard InChI is InChI=1S/C27H32ClN3O/c1-7-10-31-25-11-18(3)20(13-23(25)19(4)15-27(31,5)6)12-21(16-29)26(32)30-24-14-22(28)9-8-17(24)2/h8-9,11-14,19H,7,10,15H2,1-6H3,(H,30,32)/b21-12+. The van der Waals surface area contributed by atoms with Crippen molar-refractivity contribution in [3.63, 3.8) is 0 Å². The van der Waals surface area contributed by atoms with E-state index < -0.39 is 5.91 Å². The first-order valence-corrected chi connectivity index (χ1v) is 11.6. The van der Waals surface area contributed by atoms with Crippen LogP contribution in [0.15, 0.2) is 35.9 Å². The SMILES string of the molecule is CCCN1c2cc(C)c(/C=C(\C#N)C(=O)Nc3cc(Cl)ccc3C)cc2C(C)CC1(C)C. The van der Waals surface area contributed by atoms with Gasteiger partial charge in [-0.15, -0.1) is 0 Å². The van der Waals surface area contributed by atoms with Crippen LogP contribution >= 0.6 is 11.6 Å². The van der Waals surface area contributed by atoms with E-state index in [-0.39, 0.29) is 11.1 Å². The smallest absolute Gasteiger partial charge is 0.266 e. The van der Waals surface area contributed by atoms with Crippen molar-refractivity contribution < 1.29 is 4.79 Å². The predicted octanol–water partition coefficient (Wildman–Crippen LogP) is 7.00. The Hall–Kier alpha value is -2.77. The molecule has 1 aliphatic rings. The summed E-state index contributed by atoms with van der Waals surface area (Å²) in [5.74, 6) is -0.0360. The van der Waals surface area contributed by atoms with Gasteiger partial charge in [0, 0.05) is 28.5 Å². The molecule has 0 spiro atoms. The minimum absolute atomic E-state index is 0.0710. The molecule has 0 fully saturated rings. The molecule has 0 saturated carbocycles. The van der Waals surface area contributed by atoms with Crippen LogP contribution in [0.4, 0.5) is 11.4 Å². The van der Waals surface area contributed by atoms with E-state index in [1.54, 1.807) is 18.2 Å². The molecule has 4 nitrogen and oxygen atoms in total. The third-order valence-electron chi connectivity index (χ3n) is 6.33. The summed E-state index contributed by atoms with van der Waals surface area (Å²) in [6.45, 7) is 14.0. The van der Waals surface area contributed by atoms with Crippen molar-refractivity contribution in [3.05, 3.63) is 63.2 Å². The number of nitrogens with one attached hydrogen (secondary N) is 1. The highest BCUT2D eigenvalue weighted by molar-refractivity contribution is 6.31. The highest BCUT2D eigenvalue weighted by atomic mass is 35.5. The van der Waals surface area contributed by atoms with E-state index in [1.807, 2.05) is 19.9 Å². The van der Waals surface area contributed by atoms with Gasteiger partial charge in [0.1, 0.15) is 11.6 Å². The van der Waals surface area contributed by atoms with Crippen LogP contribution in [0.2, 0.25) is 5.02 Å². The van der Waals surface area contributed by atoms with Crippen molar-refractivity contribution in [2.45, 2.75) is 65.8 Å². The number of carbonyl (C=O) groups excluding carboxylic acids is 1. The van der Waals surface area contributed by atoms with E-state index in [0.29, 0.717) is 16.6 Å². The molecule has 3 rings (SSSR count). The lowest BCUT2D eigenvalue weighted by Gasteiger charge is -2.48. The molecule has 1 atom stereocenters. The van der Waals surface area contributed by atoms with Crippen LogP contribution in [0, 0.1) is 25.2 Å². The number of carbonyl (C=O) groups is 1. The lowest BCUT2D eigenvalue weighted by molar-refractivity contribution is -0.112. The summed E-state index contributed by atoms with van der Waals surface area (Å²) >= 11 is 6.06. The van der Waals surface area contributed by atoms with Crippen LogP contribution in [0.3, 0.4) is 0 Å². The summed E-state index contributed by atoms with van der Waals surface area (Å²) in [7, 11) is 0. The number of benzene rings is 2. The first-order valence-electron chi connectivity index (χ1n) is 11.2. The number of hydrogen-bond donors (Lipinski definition) is 1. The van der Waals surface area contributed by atoms with Gasteiger partial charge in [-0.2, -0.15) is 5.26 Å². The topological polar surface area (TPSA) is 56.1 Å². The zero-order valence-corrected chi connectivity index (χ0v) is 20.6. The molecular weight excluding hydrogens is 418 g/mol. The van der Waals surface area contributed by atoms with Crippen LogP contribution in [-0.2, 0) is 4.79 Å². The number of nitrogens with zero attached hydrogens (tertiary/aromatic N) is 2. The Bertz CT molecular complexity index is 1110. The molecule has 168 valence electrons. The Morgan fingerprint density at radius 1 is 1.28 bits per heavy atom. The Labute approximate surface area is 196 Å². The van der Waals surface area contributed by atoms with Crippen LogP contribution in [-0.4, -0.2) is 18.0 Å². The molecule has 2 aromatic rings. The largest absolute Gasteiger partial charge is 0.366 e. The summed E-state index contributed by atoms with van der Waals surface area (Å²) in [4.78, 5) is 15.3. The van der Waals surface area contributed by atoms with Gasteiger partial charge >= 0.3 is 0 Å². The minimum atomic E-state index is -0.434. The fourth-order valence-corrected chi connectivity index (χ4v) is 4.85. The Kier molecular flexibility index (Phi) is 7.00. The second-order valence-electron chi connectivity index (χ2n) is 9.42. The molecule has 0 aliphatic carbocycles. The summed E-state index contributed by atoms with van der Waals surface area (Å²) in [6, 6.07) is 11.7. The predicted molar refractivity (Wildman–Crippen MR) is 134 cm³/mol. The molecule has 1 heterocycles. The molecule has 0 radical (unpaired) electrons. The van der Waals surface area contributed by atoms with Crippen molar-refractivity contribution in [2.24, 2.45) is 0 Å². The monoisotopic (exact) mass is 449 g/mol. The average Bonchev–Trinajstić information content (AvgIpc) is 2.72. The van der Waals surface area contributed by atoms with Crippen LogP contribution < -0.4 is 10.2 Å². The van der Waals surface area contributed by atoms with Gasteiger partial charge in [0.15, 0.2) is 0 Å². The number of amides is 1. The molecule has 0 aromatic heterocycles. The molecule has 1 aliphatic heterocycles. The molecule has 1 amide bonds. The van der Waals surface area contributed by atoms with Gasteiger partial charge in [-0.05, 0) is 99.0 Å². The maximum Gasteiger partial charge on any atom is 0.266 e. The number of aryl methyl sites for hydroxylation is 2. The normalized spacial score (nSPS) is 17.5. The second kappa shape index (κ2) is 9.38. The molecule has 1 unspecified atom stereocenters. The zero-order valence-electron chi connectivity index (χ0n) is 19.8. The molecule has 0 saturated heterocycles. The summed E-state index contributed by atoms with van der Waals surface area (Å²) in [5, 5.41) is 13.1. The molecule has 1 N–H and O–H groups in total. The molecular formula is C27H32ClN3O. The molecule has 32 heavy (non-hydrogen) atoms. The fourth-order valence-electron chi connectivity index (χ4n) is 4.68. The first-order chi connectivity index (χ1) is 15.1. The lowest BCUT2D eigenvalue weighted by atomic mass is 9.78. The van der Waals surface area contributed by atoms with Gasteiger partial charge in [0.25, 0.3) is 5.91 Å². The number of rotatable bonds is 5. The number of halogens is 1. The summed E-state index contributed by atoms with van der Waals surface area (Å²) in [6.07, 6.45) is 3.84. The summed E-state index contributed by atoms with van der Waals surface area (Å²) in [5.41, 5.74) is 6.16. The molecule has 2 aromatic carbocycles. The van der Waals surface area contributed by atoms with Crippen LogP contribution in [0.25, 0.3) is 6.08 Å². The Balaban J connectivity index is 1.98.